The molecule has 124 valence electrons. The quantitative estimate of drug-likeness (QED) is 0.347. The first-order valence-corrected chi connectivity index (χ1v) is 8.73. The van der Waals surface area contributed by atoms with Gasteiger partial charge >= 0.3 is 0 Å². The van der Waals surface area contributed by atoms with Crippen LogP contribution < -0.4 is 10.6 Å². The average Bonchev–Trinajstić information content (AvgIpc) is 3.27. The van der Waals surface area contributed by atoms with Gasteiger partial charge in [-0.3, -0.25) is 4.99 Å². The third kappa shape index (κ3) is 6.66. The van der Waals surface area contributed by atoms with Gasteiger partial charge in [-0.2, -0.15) is 4.31 Å². The molecule has 2 fully saturated rings. The molecule has 7 nitrogen and oxygen atoms in total. The van der Waals surface area contributed by atoms with Crippen LogP contribution in [0, 0.1) is 5.92 Å². The van der Waals surface area contributed by atoms with E-state index in [2.05, 4.69) is 15.6 Å². The summed E-state index contributed by atoms with van der Waals surface area (Å²) >= 11 is 0. The van der Waals surface area contributed by atoms with E-state index in [0.29, 0.717) is 38.8 Å². The van der Waals surface area contributed by atoms with Crippen molar-refractivity contribution in [2.24, 2.45) is 10.9 Å². The smallest absolute Gasteiger partial charge is 0.215 e. The Balaban J connectivity index is 0.00000220. The second-order valence-corrected chi connectivity index (χ2v) is 7.24. The van der Waals surface area contributed by atoms with Crippen molar-refractivity contribution in [2.45, 2.75) is 12.8 Å². The maximum atomic E-state index is 12.1. The van der Waals surface area contributed by atoms with Crippen LogP contribution in [-0.2, 0) is 14.8 Å². The molecule has 0 aromatic rings. The minimum atomic E-state index is -3.20. The molecular weight excluding hydrogens is 407 g/mol. The fourth-order valence-corrected chi connectivity index (χ4v) is 3.36. The van der Waals surface area contributed by atoms with Crippen LogP contribution >= 0.6 is 24.0 Å². The van der Waals surface area contributed by atoms with Gasteiger partial charge in [0.05, 0.1) is 19.0 Å². The zero-order chi connectivity index (χ0) is 14.4. The van der Waals surface area contributed by atoms with Gasteiger partial charge in [0.1, 0.15) is 0 Å². The maximum absolute atomic E-state index is 12.1. The molecule has 0 amide bonds. The summed E-state index contributed by atoms with van der Waals surface area (Å²) in [5.74, 6) is 1.51. The van der Waals surface area contributed by atoms with Gasteiger partial charge in [-0.15, -0.1) is 24.0 Å². The Morgan fingerprint density at radius 2 is 1.95 bits per heavy atom. The summed E-state index contributed by atoms with van der Waals surface area (Å²) in [5, 5.41) is 6.26. The Bertz CT molecular complexity index is 434. The number of morpholine rings is 1. The molecular formula is C12H25IN4O3S. The third-order valence-corrected chi connectivity index (χ3v) is 5.37. The van der Waals surface area contributed by atoms with Crippen LogP contribution in [0.15, 0.2) is 4.99 Å². The number of ether oxygens (including phenoxy) is 1. The molecule has 0 spiro atoms. The van der Waals surface area contributed by atoms with E-state index in [1.165, 1.54) is 17.1 Å². The Kier molecular flexibility index (Phi) is 8.21. The van der Waals surface area contributed by atoms with E-state index in [1.54, 1.807) is 7.05 Å². The largest absolute Gasteiger partial charge is 0.379 e. The van der Waals surface area contributed by atoms with Crippen LogP contribution in [0.25, 0.3) is 0 Å². The number of rotatable bonds is 6. The molecule has 9 heteroatoms. The highest BCUT2D eigenvalue weighted by Gasteiger charge is 2.24. The molecule has 1 heterocycles. The number of aliphatic imine (C=N–C) groups is 1. The molecule has 0 bridgehead atoms. The van der Waals surface area contributed by atoms with Crippen LogP contribution in [0.5, 0.6) is 0 Å². The van der Waals surface area contributed by atoms with E-state index in [1.807, 2.05) is 0 Å². The van der Waals surface area contributed by atoms with Crippen molar-refractivity contribution in [3.8, 4) is 0 Å². The topological polar surface area (TPSA) is 83.0 Å². The maximum Gasteiger partial charge on any atom is 0.215 e. The molecule has 0 aromatic heterocycles. The fraction of sp³-hybridized carbons (Fsp3) is 0.917. The van der Waals surface area contributed by atoms with Gasteiger partial charge < -0.3 is 15.4 Å². The number of nitrogens with zero attached hydrogens (tertiary/aromatic N) is 2. The van der Waals surface area contributed by atoms with Gasteiger partial charge in [-0.25, -0.2) is 8.42 Å². The first-order valence-electron chi connectivity index (χ1n) is 7.12. The highest BCUT2D eigenvalue weighted by molar-refractivity contribution is 14.0. The summed E-state index contributed by atoms with van der Waals surface area (Å²) in [5.41, 5.74) is 0. The molecule has 0 unspecified atom stereocenters. The van der Waals surface area contributed by atoms with Gasteiger partial charge in [0.15, 0.2) is 5.96 Å². The molecule has 2 N–H and O–H groups in total. The lowest BCUT2D eigenvalue weighted by Crippen LogP contribution is -2.45. The monoisotopic (exact) mass is 432 g/mol. The van der Waals surface area contributed by atoms with E-state index in [4.69, 9.17) is 4.74 Å². The van der Waals surface area contributed by atoms with E-state index in [9.17, 15) is 8.42 Å². The van der Waals surface area contributed by atoms with Crippen molar-refractivity contribution in [1.82, 2.24) is 14.9 Å². The Labute approximate surface area is 144 Å². The molecule has 2 aliphatic rings. The molecule has 0 atom stereocenters. The van der Waals surface area contributed by atoms with Crippen molar-refractivity contribution in [1.29, 1.82) is 0 Å². The predicted octanol–water partition coefficient (Wildman–Crippen LogP) is -0.159. The van der Waals surface area contributed by atoms with E-state index < -0.39 is 10.0 Å². The van der Waals surface area contributed by atoms with Gasteiger partial charge in [0.2, 0.25) is 10.0 Å². The third-order valence-electron chi connectivity index (χ3n) is 3.49. The first-order chi connectivity index (χ1) is 9.62. The second kappa shape index (κ2) is 9.11. The number of hydrogen-bond donors (Lipinski definition) is 2. The number of sulfonamides is 1. The number of hydrogen-bond acceptors (Lipinski definition) is 4. The SMILES string of the molecule is CN=C(NCCS(=O)(=O)N1CCOCC1)NCC1CC1.I. The van der Waals surface area contributed by atoms with Gasteiger partial charge in [-0.05, 0) is 18.8 Å². The van der Waals surface area contributed by atoms with Crippen molar-refractivity contribution in [3.05, 3.63) is 0 Å². The summed E-state index contributed by atoms with van der Waals surface area (Å²) in [7, 11) is -1.50. The Morgan fingerprint density at radius 3 is 2.52 bits per heavy atom. The van der Waals surface area contributed by atoms with Crippen LogP contribution in [0.1, 0.15) is 12.8 Å². The van der Waals surface area contributed by atoms with Crippen LogP contribution in [0.2, 0.25) is 0 Å². The molecule has 1 aliphatic carbocycles. The zero-order valence-corrected chi connectivity index (χ0v) is 15.5. The standard InChI is InChI=1S/C12H24N4O3S.HI/c1-13-12(15-10-11-2-3-11)14-4-9-20(17,18)16-5-7-19-8-6-16;/h11H,2-10H2,1H3,(H2,13,14,15);1H. The van der Waals surface area contributed by atoms with Gasteiger partial charge in [-0.1, -0.05) is 0 Å². The molecule has 1 aliphatic heterocycles. The van der Waals surface area contributed by atoms with E-state index >= 15 is 0 Å². The van der Waals surface area contributed by atoms with Gasteiger partial charge in [0, 0.05) is 33.2 Å². The normalized spacial score (nSPS) is 20.7. The number of halogens is 1. The molecule has 0 aromatic carbocycles. The van der Waals surface area contributed by atoms with Crippen LogP contribution in [0.3, 0.4) is 0 Å². The van der Waals surface area contributed by atoms with Crippen molar-refractivity contribution < 1.29 is 13.2 Å². The fourth-order valence-electron chi connectivity index (χ4n) is 2.04. The summed E-state index contributed by atoms with van der Waals surface area (Å²) in [6.45, 7) is 3.16. The Morgan fingerprint density at radius 1 is 1.29 bits per heavy atom. The lowest BCUT2D eigenvalue weighted by Gasteiger charge is -2.26. The molecule has 0 radical (unpaired) electrons. The van der Waals surface area contributed by atoms with Crippen molar-refractivity contribution in [3.63, 3.8) is 0 Å². The zero-order valence-electron chi connectivity index (χ0n) is 12.4. The number of nitrogens with one attached hydrogen (secondary N) is 2. The molecule has 1 saturated carbocycles. The van der Waals surface area contributed by atoms with E-state index in [-0.39, 0.29) is 29.7 Å². The highest BCUT2D eigenvalue weighted by atomic mass is 127. The predicted molar refractivity (Wildman–Crippen MR) is 93.7 cm³/mol. The summed E-state index contributed by atoms with van der Waals surface area (Å²) in [4.78, 5) is 4.09. The van der Waals surface area contributed by atoms with Crippen LogP contribution in [-0.4, -0.2) is 70.9 Å². The Hall–Kier alpha value is -0.130. The second-order valence-electron chi connectivity index (χ2n) is 5.15. The lowest BCUT2D eigenvalue weighted by atomic mass is 10.4. The van der Waals surface area contributed by atoms with Crippen molar-refractivity contribution >= 4 is 40.0 Å². The summed E-state index contributed by atoms with van der Waals surface area (Å²) in [6.07, 6.45) is 2.55. The molecule has 2 rings (SSSR count). The van der Waals surface area contributed by atoms with E-state index in [0.717, 1.165) is 12.5 Å². The van der Waals surface area contributed by atoms with Crippen LogP contribution in [0.4, 0.5) is 0 Å². The number of guanidine groups is 1. The summed E-state index contributed by atoms with van der Waals surface area (Å²) < 4.78 is 30.9. The van der Waals surface area contributed by atoms with Crippen molar-refractivity contribution in [2.75, 3.05) is 52.2 Å². The molecule has 21 heavy (non-hydrogen) atoms. The molecule has 1 saturated heterocycles. The lowest BCUT2D eigenvalue weighted by molar-refractivity contribution is 0.0730. The summed E-state index contributed by atoms with van der Waals surface area (Å²) in [6, 6.07) is 0. The minimum absolute atomic E-state index is 0. The highest BCUT2D eigenvalue weighted by Crippen LogP contribution is 2.27. The minimum Gasteiger partial charge on any atom is -0.379 e. The first kappa shape index (κ1) is 18.9. The average molecular weight is 432 g/mol. The van der Waals surface area contributed by atoms with Gasteiger partial charge in [0.25, 0.3) is 0 Å².